The second kappa shape index (κ2) is 8.08. The summed E-state index contributed by atoms with van der Waals surface area (Å²) in [4.78, 5) is 14.0. The van der Waals surface area contributed by atoms with Crippen molar-refractivity contribution >= 4 is 17.7 Å². The van der Waals surface area contributed by atoms with Gasteiger partial charge in [-0.1, -0.05) is 17.7 Å². The van der Waals surface area contributed by atoms with Crippen LogP contribution in [0, 0.1) is 5.82 Å². The third-order valence-corrected chi connectivity index (χ3v) is 4.54. The third kappa shape index (κ3) is 4.65. The van der Waals surface area contributed by atoms with Gasteiger partial charge in [0.1, 0.15) is 23.1 Å². The van der Waals surface area contributed by atoms with Gasteiger partial charge < -0.3 is 24.8 Å². The van der Waals surface area contributed by atoms with Gasteiger partial charge in [0, 0.05) is 20.2 Å². The molecule has 0 bridgehead atoms. The average molecular weight is 389 g/mol. The maximum absolute atomic E-state index is 13.9. The first-order chi connectivity index (χ1) is 12.1. The van der Waals surface area contributed by atoms with E-state index in [0.29, 0.717) is 12.1 Å². The van der Waals surface area contributed by atoms with E-state index >= 15 is 0 Å². The molecular formula is C18H26ClFN2O4. The lowest BCUT2D eigenvalue weighted by molar-refractivity contribution is -0.117. The molecule has 0 aromatic heterocycles. The number of carbonyl (C=O) groups excluding carboxylic acids is 1. The summed E-state index contributed by atoms with van der Waals surface area (Å²) in [6.45, 7) is 6.16. The summed E-state index contributed by atoms with van der Waals surface area (Å²) >= 11 is 5.78. The van der Waals surface area contributed by atoms with Crippen LogP contribution in [0.1, 0.15) is 32.4 Å². The van der Waals surface area contributed by atoms with Crippen LogP contribution in [0.5, 0.6) is 0 Å². The minimum Gasteiger partial charge on any atom is -0.444 e. The van der Waals surface area contributed by atoms with Gasteiger partial charge in [0.2, 0.25) is 0 Å². The molecule has 2 N–H and O–H groups in total. The Balaban J connectivity index is 2.33. The van der Waals surface area contributed by atoms with Crippen LogP contribution in [0.3, 0.4) is 0 Å². The molecule has 0 saturated carbocycles. The van der Waals surface area contributed by atoms with E-state index in [4.69, 9.17) is 31.5 Å². The largest absolute Gasteiger partial charge is 0.444 e. The van der Waals surface area contributed by atoms with Gasteiger partial charge in [0.05, 0.1) is 18.2 Å². The Kier molecular flexibility index (Phi) is 6.50. The van der Waals surface area contributed by atoms with E-state index in [0.717, 1.165) is 0 Å². The monoisotopic (exact) mass is 388 g/mol. The number of benzene rings is 1. The SMILES string of the molecule is COC1(CN)CN(C(=O)OC(C)(C)C)CCOC1c1ccc(Cl)c(F)c1. The van der Waals surface area contributed by atoms with Crippen LogP contribution in [0.25, 0.3) is 0 Å². The molecule has 1 heterocycles. The predicted molar refractivity (Wildman–Crippen MR) is 96.7 cm³/mol. The van der Waals surface area contributed by atoms with Crippen molar-refractivity contribution in [1.82, 2.24) is 4.90 Å². The maximum atomic E-state index is 13.9. The lowest BCUT2D eigenvalue weighted by Crippen LogP contribution is -2.54. The predicted octanol–water partition coefficient (Wildman–Crippen LogP) is 3.13. The number of rotatable bonds is 3. The topological polar surface area (TPSA) is 74.0 Å². The number of nitrogens with zero attached hydrogens (tertiary/aromatic N) is 1. The number of ether oxygens (including phenoxy) is 3. The van der Waals surface area contributed by atoms with Gasteiger partial charge >= 0.3 is 6.09 Å². The molecule has 2 unspecified atom stereocenters. The van der Waals surface area contributed by atoms with Crippen LogP contribution in [-0.2, 0) is 14.2 Å². The second-order valence-electron chi connectivity index (χ2n) is 7.30. The number of nitrogens with two attached hydrogens (primary N) is 1. The van der Waals surface area contributed by atoms with Crippen molar-refractivity contribution in [2.24, 2.45) is 5.73 Å². The van der Waals surface area contributed by atoms with E-state index in [9.17, 15) is 9.18 Å². The smallest absolute Gasteiger partial charge is 0.410 e. The minimum absolute atomic E-state index is 0.0218. The van der Waals surface area contributed by atoms with Crippen molar-refractivity contribution < 1.29 is 23.4 Å². The first-order valence-electron chi connectivity index (χ1n) is 8.41. The first-order valence-corrected chi connectivity index (χ1v) is 8.79. The summed E-state index contributed by atoms with van der Waals surface area (Å²) in [5.74, 6) is -0.553. The minimum atomic E-state index is -1.05. The van der Waals surface area contributed by atoms with E-state index in [-0.39, 0.29) is 24.7 Å². The molecule has 0 spiro atoms. The fraction of sp³-hybridized carbons (Fsp3) is 0.611. The molecule has 26 heavy (non-hydrogen) atoms. The van der Waals surface area contributed by atoms with Crippen LogP contribution >= 0.6 is 11.6 Å². The zero-order valence-electron chi connectivity index (χ0n) is 15.6. The molecule has 2 rings (SSSR count). The quantitative estimate of drug-likeness (QED) is 0.861. The summed E-state index contributed by atoms with van der Waals surface area (Å²) in [6.07, 6.45) is -1.13. The van der Waals surface area contributed by atoms with Gasteiger partial charge in [-0.3, -0.25) is 0 Å². The van der Waals surface area contributed by atoms with Gasteiger partial charge in [-0.05, 0) is 38.5 Å². The molecule has 146 valence electrons. The summed E-state index contributed by atoms with van der Waals surface area (Å²) in [7, 11) is 1.49. The molecule has 1 aliphatic heterocycles. The number of halogens is 2. The second-order valence-corrected chi connectivity index (χ2v) is 7.71. The molecule has 6 nitrogen and oxygen atoms in total. The Labute approximate surface area is 158 Å². The van der Waals surface area contributed by atoms with E-state index in [1.165, 1.54) is 24.1 Å². The summed E-state index contributed by atoms with van der Waals surface area (Å²) in [5.41, 5.74) is 4.87. The molecule has 1 amide bonds. The molecule has 1 aromatic carbocycles. The highest BCUT2D eigenvalue weighted by Crippen LogP contribution is 2.36. The zero-order chi connectivity index (χ0) is 19.5. The summed E-state index contributed by atoms with van der Waals surface area (Å²) in [6, 6.07) is 4.44. The number of methoxy groups -OCH3 is 1. The van der Waals surface area contributed by atoms with Gasteiger partial charge in [-0.15, -0.1) is 0 Å². The van der Waals surface area contributed by atoms with Gasteiger partial charge in [-0.2, -0.15) is 0 Å². The van der Waals surface area contributed by atoms with Crippen LogP contribution in [0.4, 0.5) is 9.18 Å². The van der Waals surface area contributed by atoms with Crippen LogP contribution < -0.4 is 5.73 Å². The molecule has 1 aliphatic rings. The maximum Gasteiger partial charge on any atom is 0.410 e. The lowest BCUT2D eigenvalue weighted by Gasteiger charge is -2.39. The van der Waals surface area contributed by atoms with Crippen molar-refractivity contribution in [2.75, 3.05) is 33.4 Å². The Bertz CT molecular complexity index is 647. The van der Waals surface area contributed by atoms with E-state index in [2.05, 4.69) is 0 Å². The molecule has 1 fully saturated rings. The van der Waals surface area contributed by atoms with Crippen molar-refractivity contribution in [3.05, 3.63) is 34.6 Å². The first kappa shape index (κ1) is 20.9. The van der Waals surface area contributed by atoms with Crippen LogP contribution in [0.2, 0.25) is 5.02 Å². The number of hydrogen-bond acceptors (Lipinski definition) is 5. The molecule has 0 radical (unpaired) electrons. The van der Waals surface area contributed by atoms with E-state index < -0.39 is 29.2 Å². The molecule has 2 atom stereocenters. The van der Waals surface area contributed by atoms with Gasteiger partial charge in [0.15, 0.2) is 0 Å². The fourth-order valence-corrected chi connectivity index (χ4v) is 3.02. The highest BCUT2D eigenvalue weighted by molar-refractivity contribution is 6.30. The number of carbonyl (C=O) groups is 1. The molecule has 0 aliphatic carbocycles. The third-order valence-electron chi connectivity index (χ3n) is 4.23. The van der Waals surface area contributed by atoms with E-state index in [1.54, 1.807) is 26.8 Å². The van der Waals surface area contributed by atoms with Crippen molar-refractivity contribution in [1.29, 1.82) is 0 Å². The Hall–Kier alpha value is -1.41. The van der Waals surface area contributed by atoms with Gasteiger partial charge in [-0.25, -0.2) is 9.18 Å². The van der Waals surface area contributed by atoms with Crippen molar-refractivity contribution in [3.63, 3.8) is 0 Å². The van der Waals surface area contributed by atoms with Crippen molar-refractivity contribution in [3.8, 4) is 0 Å². The van der Waals surface area contributed by atoms with Crippen LogP contribution in [0.15, 0.2) is 18.2 Å². The Morgan fingerprint density at radius 1 is 1.50 bits per heavy atom. The Morgan fingerprint density at radius 2 is 2.19 bits per heavy atom. The molecule has 1 aromatic rings. The highest BCUT2D eigenvalue weighted by atomic mass is 35.5. The van der Waals surface area contributed by atoms with Crippen molar-refractivity contribution in [2.45, 2.75) is 38.1 Å². The Morgan fingerprint density at radius 3 is 2.73 bits per heavy atom. The fourth-order valence-electron chi connectivity index (χ4n) is 2.90. The zero-order valence-corrected chi connectivity index (χ0v) is 16.3. The van der Waals surface area contributed by atoms with Crippen LogP contribution in [-0.4, -0.2) is 55.5 Å². The van der Waals surface area contributed by atoms with E-state index in [1.807, 2.05) is 0 Å². The number of hydrogen-bond donors (Lipinski definition) is 1. The molecule has 1 saturated heterocycles. The van der Waals surface area contributed by atoms with Gasteiger partial charge in [0.25, 0.3) is 0 Å². The normalized spacial score (nSPS) is 24.3. The molecular weight excluding hydrogens is 363 g/mol. The number of amides is 1. The lowest BCUT2D eigenvalue weighted by atomic mass is 9.90. The highest BCUT2D eigenvalue weighted by Gasteiger charge is 2.45. The summed E-state index contributed by atoms with van der Waals surface area (Å²) < 4.78 is 31.0. The average Bonchev–Trinajstić information content (AvgIpc) is 2.76. The standard InChI is InChI=1S/C18H26ClFN2O4/c1-17(2,3)26-16(23)22-7-8-25-15(18(10-21,11-22)24-4)12-5-6-13(19)14(20)9-12/h5-6,9,15H,7-8,10-11,21H2,1-4H3. The summed E-state index contributed by atoms with van der Waals surface area (Å²) in [5, 5.41) is 0.0218. The molecule has 8 heteroatoms.